The van der Waals surface area contributed by atoms with Gasteiger partial charge in [0.05, 0.1) is 12.1 Å². The van der Waals surface area contributed by atoms with Gasteiger partial charge in [-0.3, -0.25) is 4.79 Å². The second-order valence-corrected chi connectivity index (χ2v) is 6.39. The fourth-order valence-corrected chi connectivity index (χ4v) is 3.88. The summed E-state index contributed by atoms with van der Waals surface area (Å²) in [6.45, 7) is 1.81. The van der Waals surface area contributed by atoms with E-state index in [4.69, 9.17) is 4.98 Å². The fourth-order valence-electron chi connectivity index (χ4n) is 3.88. The van der Waals surface area contributed by atoms with Gasteiger partial charge in [0.25, 0.3) is 0 Å². The predicted octanol–water partition coefficient (Wildman–Crippen LogP) is 1.38. The normalized spacial score (nSPS) is 28.1. The molecule has 0 spiro atoms. The van der Waals surface area contributed by atoms with Crippen molar-refractivity contribution in [3.05, 3.63) is 23.3 Å². The summed E-state index contributed by atoms with van der Waals surface area (Å²) >= 11 is 0. The lowest BCUT2D eigenvalue weighted by Gasteiger charge is -2.26. The number of hydrogen-bond donors (Lipinski definition) is 1. The molecule has 2 aliphatic heterocycles. The van der Waals surface area contributed by atoms with Crippen molar-refractivity contribution in [1.29, 1.82) is 0 Å². The molecule has 1 amide bonds. The number of likely N-dealkylation sites (tertiary alicyclic amines) is 1. The summed E-state index contributed by atoms with van der Waals surface area (Å²) in [4.78, 5) is 24.0. The highest BCUT2D eigenvalue weighted by Gasteiger charge is 2.36. The molecule has 3 aliphatic rings. The first kappa shape index (κ1) is 13.2. The minimum Gasteiger partial charge on any atom is -0.331 e. The Morgan fingerprint density at radius 2 is 2.19 bits per heavy atom. The van der Waals surface area contributed by atoms with Crippen LogP contribution >= 0.6 is 0 Å². The molecule has 21 heavy (non-hydrogen) atoms. The number of hydrogen-bond acceptors (Lipinski definition) is 4. The maximum atomic E-state index is 12.7. The molecule has 0 aromatic carbocycles. The molecular weight excluding hydrogens is 264 g/mol. The zero-order chi connectivity index (χ0) is 14.2. The van der Waals surface area contributed by atoms with E-state index < -0.39 is 0 Å². The van der Waals surface area contributed by atoms with Crippen LogP contribution in [0.4, 0.5) is 0 Å². The largest absolute Gasteiger partial charge is 0.331 e. The molecule has 0 saturated carbocycles. The number of aryl methyl sites for hydroxylation is 2. The van der Waals surface area contributed by atoms with E-state index in [2.05, 4.69) is 10.3 Å². The van der Waals surface area contributed by atoms with E-state index in [9.17, 15) is 4.79 Å². The highest BCUT2D eigenvalue weighted by Crippen LogP contribution is 2.32. The van der Waals surface area contributed by atoms with E-state index in [1.54, 1.807) is 0 Å². The van der Waals surface area contributed by atoms with Gasteiger partial charge in [0, 0.05) is 18.4 Å². The van der Waals surface area contributed by atoms with E-state index >= 15 is 0 Å². The summed E-state index contributed by atoms with van der Waals surface area (Å²) in [5, 5.41) is 3.31. The second kappa shape index (κ2) is 5.37. The fraction of sp³-hybridized carbons (Fsp3) is 0.688. The quantitative estimate of drug-likeness (QED) is 0.892. The van der Waals surface area contributed by atoms with E-state index in [0.717, 1.165) is 57.4 Å². The third-order valence-electron chi connectivity index (χ3n) is 5.02. The summed E-state index contributed by atoms with van der Waals surface area (Å²) < 4.78 is 0. The predicted molar refractivity (Wildman–Crippen MR) is 78.8 cm³/mol. The highest BCUT2D eigenvalue weighted by molar-refractivity contribution is 5.82. The van der Waals surface area contributed by atoms with Gasteiger partial charge in [0.2, 0.25) is 5.91 Å². The van der Waals surface area contributed by atoms with Crippen LogP contribution in [0.2, 0.25) is 0 Å². The first-order valence-corrected chi connectivity index (χ1v) is 8.21. The van der Waals surface area contributed by atoms with Gasteiger partial charge in [0.1, 0.15) is 0 Å². The number of aromatic nitrogens is 2. The zero-order valence-corrected chi connectivity index (χ0v) is 12.3. The lowest BCUT2D eigenvalue weighted by molar-refractivity contribution is -0.134. The van der Waals surface area contributed by atoms with Crippen LogP contribution in [0.1, 0.15) is 55.2 Å². The van der Waals surface area contributed by atoms with E-state index in [-0.39, 0.29) is 18.0 Å². The number of nitrogens with one attached hydrogen (secondary N) is 1. The van der Waals surface area contributed by atoms with Crippen LogP contribution in [-0.4, -0.2) is 39.9 Å². The second-order valence-electron chi connectivity index (χ2n) is 6.39. The van der Waals surface area contributed by atoms with Gasteiger partial charge in [-0.25, -0.2) is 9.97 Å². The molecule has 5 nitrogen and oxygen atoms in total. The molecule has 1 aromatic heterocycles. The Kier molecular flexibility index (Phi) is 3.37. The van der Waals surface area contributed by atoms with Crippen LogP contribution in [0.5, 0.6) is 0 Å². The zero-order valence-electron chi connectivity index (χ0n) is 12.3. The lowest BCUT2D eigenvalue weighted by Crippen LogP contribution is -2.43. The summed E-state index contributed by atoms with van der Waals surface area (Å²) in [5.74, 6) is 1.11. The minimum absolute atomic E-state index is 0.0139. The number of nitrogens with zero attached hydrogens (tertiary/aromatic N) is 3. The third kappa shape index (κ3) is 2.33. The van der Waals surface area contributed by atoms with Crippen LogP contribution in [-0.2, 0) is 17.6 Å². The average molecular weight is 286 g/mol. The van der Waals surface area contributed by atoms with Crippen LogP contribution in [0, 0.1) is 0 Å². The van der Waals surface area contributed by atoms with Crippen LogP contribution in [0.3, 0.4) is 0 Å². The molecule has 2 atom stereocenters. The summed E-state index contributed by atoms with van der Waals surface area (Å²) in [6.07, 6.45) is 9.47. The SMILES string of the molecule is O=C(C1CCCN1)N1CCCC1c1ncc2c(n1)CCC2. The molecule has 2 unspecified atom stereocenters. The van der Waals surface area contributed by atoms with E-state index in [1.807, 2.05) is 11.1 Å². The van der Waals surface area contributed by atoms with Crippen LogP contribution in [0.25, 0.3) is 0 Å². The molecule has 4 rings (SSSR count). The minimum atomic E-state index is 0.0139. The Balaban J connectivity index is 1.57. The van der Waals surface area contributed by atoms with E-state index in [1.165, 1.54) is 17.7 Å². The van der Waals surface area contributed by atoms with E-state index in [0.29, 0.717) is 0 Å². The van der Waals surface area contributed by atoms with Crippen molar-refractivity contribution in [2.75, 3.05) is 13.1 Å². The number of fused-ring (bicyclic) bond motifs is 1. The Morgan fingerprint density at radius 3 is 3.05 bits per heavy atom. The molecule has 0 bridgehead atoms. The molecule has 2 fully saturated rings. The standard InChI is InChI=1S/C16H22N4O/c21-16(13-6-2-8-17-13)20-9-3-7-14(20)15-18-10-11-4-1-5-12(11)19-15/h10,13-14,17H,1-9H2. The monoisotopic (exact) mass is 286 g/mol. The number of carbonyl (C=O) groups is 1. The topological polar surface area (TPSA) is 58.1 Å². The Morgan fingerprint density at radius 1 is 1.24 bits per heavy atom. The van der Waals surface area contributed by atoms with Crippen molar-refractivity contribution in [3.63, 3.8) is 0 Å². The van der Waals surface area contributed by atoms with Crippen molar-refractivity contribution >= 4 is 5.91 Å². The van der Waals surface area contributed by atoms with Crippen molar-refractivity contribution in [1.82, 2.24) is 20.2 Å². The van der Waals surface area contributed by atoms with Gasteiger partial charge in [-0.15, -0.1) is 0 Å². The summed E-state index contributed by atoms with van der Waals surface area (Å²) in [5.41, 5.74) is 2.50. The molecule has 3 heterocycles. The van der Waals surface area contributed by atoms with Gasteiger partial charge >= 0.3 is 0 Å². The molecular formula is C16H22N4O. The molecule has 112 valence electrons. The Bertz CT molecular complexity index is 553. The molecule has 5 heteroatoms. The maximum absolute atomic E-state index is 12.7. The molecule has 2 saturated heterocycles. The van der Waals surface area contributed by atoms with Crippen LogP contribution < -0.4 is 5.32 Å². The maximum Gasteiger partial charge on any atom is 0.240 e. The smallest absolute Gasteiger partial charge is 0.240 e. The van der Waals surface area contributed by atoms with Crippen molar-refractivity contribution in [2.24, 2.45) is 0 Å². The van der Waals surface area contributed by atoms with Gasteiger partial charge in [-0.1, -0.05) is 0 Å². The molecule has 1 aliphatic carbocycles. The molecule has 0 radical (unpaired) electrons. The first-order chi connectivity index (χ1) is 10.3. The van der Waals surface area contributed by atoms with Gasteiger partial charge < -0.3 is 10.2 Å². The molecule has 1 aromatic rings. The van der Waals surface area contributed by atoms with Crippen molar-refractivity contribution < 1.29 is 4.79 Å². The number of rotatable bonds is 2. The first-order valence-electron chi connectivity index (χ1n) is 8.21. The van der Waals surface area contributed by atoms with Crippen LogP contribution in [0.15, 0.2) is 6.20 Å². The Labute approximate surface area is 125 Å². The van der Waals surface area contributed by atoms with Crippen molar-refractivity contribution in [3.8, 4) is 0 Å². The van der Waals surface area contributed by atoms with Gasteiger partial charge in [-0.2, -0.15) is 0 Å². The Hall–Kier alpha value is -1.49. The molecule has 1 N–H and O–H groups in total. The highest BCUT2D eigenvalue weighted by atomic mass is 16.2. The van der Waals surface area contributed by atoms with Gasteiger partial charge in [0.15, 0.2) is 5.82 Å². The van der Waals surface area contributed by atoms with Gasteiger partial charge in [-0.05, 0) is 57.1 Å². The number of amides is 1. The third-order valence-corrected chi connectivity index (χ3v) is 5.02. The lowest BCUT2D eigenvalue weighted by atomic mass is 10.1. The van der Waals surface area contributed by atoms with Crippen molar-refractivity contribution in [2.45, 2.75) is 57.0 Å². The number of carbonyl (C=O) groups excluding carboxylic acids is 1. The average Bonchev–Trinajstić information content (AvgIpc) is 3.24. The summed E-state index contributed by atoms with van der Waals surface area (Å²) in [6, 6.07) is 0.103. The summed E-state index contributed by atoms with van der Waals surface area (Å²) in [7, 11) is 0.